The number of anilines is 1. The molecule has 100 valence electrons. The fraction of sp³-hybridized carbons (Fsp3) is 0.308. The molecule has 0 saturated carbocycles. The predicted octanol–water partition coefficient (Wildman–Crippen LogP) is 1.37. The highest BCUT2D eigenvalue weighted by molar-refractivity contribution is 5.30. The van der Waals surface area contributed by atoms with Crippen molar-refractivity contribution in [3.8, 4) is 0 Å². The lowest BCUT2D eigenvalue weighted by Gasteiger charge is -2.22. The first kappa shape index (κ1) is 13.4. The minimum Gasteiger partial charge on any atom is -0.336 e. The summed E-state index contributed by atoms with van der Waals surface area (Å²) in [7, 11) is 0. The monoisotopic (exact) mass is 261 g/mol. The molecule has 0 atom stereocenters. The van der Waals surface area contributed by atoms with Crippen LogP contribution in [0.15, 0.2) is 36.9 Å². The number of nitrogens with two attached hydrogens (primary N) is 1. The molecule has 2 N–H and O–H groups in total. The van der Waals surface area contributed by atoms with E-state index < -0.39 is 5.82 Å². The first-order valence-corrected chi connectivity index (χ1v) is 6.11. The fourth-order valence-corrected chi connectivity index (χ4v) is 1.71. The number of nitrogens with zero attached hydrogens (tertiary/aromatic N) is 4. The van der Waals surface area contributed by atoms with Crippen LogP contribution in [0.25, 0.3) is 0 Å². The second-order valence-corrected chi connectivity index (χ2v) is 4.13. The Bertz CT molecular complexity index is 488. The Labute approximate surface area is 111 Å². The summed E-state index contributed by atoms with van der Waals surface area (Å²) in [5, 5.41) is 0. The Balaban J connectivity index is 2.13. The molecular formula is C13H16FN5. The average molecular weight is 261 g/mol. The molecule has 0 bridgehead atoms. The molecule has 2 rings (SSSR count). The van der Waals surface area contributed by atoms with Gasteiger partial charge in [-0.05, 0) is 24.6 Å². The van der Waals surface area contributed by atoms with Crippen LogP contribution in [0.4, 0.5) is 10.3 Å². The summed E-state index contributed by atoms with van der Waals surface area (Å²) in [6, 6.07) is 3.86. The Morgan fingerprint density at radius 3 is 2.63 bits per heavy atom. The second kappa shape index (κ2) is 6.75. The summed E-state index contributed by atoms with van der Waals surface area (Å²) in [5.41, 5.74) is 6.58. The molecule has 0 aliphatic rings. The van der Waals surface area contributed by atoms with E-state index >= 15 is 0 Å². The van der Waals surface area contributed by atoms with Gasteiger partial charge in [0.2, 0.25) is 5.95 Å². The predicted molar refractivity (Wildman–Crippen MR) is 70.9 cm³/mol. The molecule has 2 aromatic rings. The normalized spacial score (nSPS) is 10.4. The summed E-state index contributed by atoms with van der Waals surface area (Å²) in [5.74, 6) is 0.0580. The lowest BCUT2D eigenvalue weighted by molar-refractivity contribution is 0.609. The highest BCUT2D eigenvalue weighted by Gasteiger charge is 2.10. The van der Waals surface area contributed by atoms with Crippen molar-refractivity contribution in [2.45, 2.75) is 13.0 Å². The molecule has 0 saturated heterocycles. The zero-order valence-electron chi connectivity index (χ0n) is 10.5. The van der Waals surface area contributed by atoms with Crippen LogP contribution in [0.3, 0.4) is 0 Å². The van der Waals surface area contributed by atoms with Crippen molar-refractivity contribution in [3.63, 3.8) is 0 Å². The van der Waals surface area contributed by atoms with Crippen LogP contribution in [-0.2, 0) is 6.54 Å². The van der Waals surface area contributed by atoms with Crippen molar-refractivity contribution >= 4 is 5.95 Å². The van der Waals surface area contributed by atoms with E-state index in [2.05, 4.69) is 15.0 Å². The molecule has 0 radical (unpaired) electrons. The largest absolute Gasteiger partial charge is 0.336 e. The van der Waals surface area contributed by atoms with E-state index in [0.29, 0.717) is 19.0 Å². The Kier molecular flexibility index (Phi) is 4.74. The van der Waals surface area contributed by atoms with Crippen LogP contribution in [-0.4, -0.2) is 28.0 Å². The van der Waals surface area contributed by atoms with Crippen LogP contribution in [0.5, 0.6) is 0 Å². The van der Waals surface area contributed by atoms with Gasteiger partial charge in [-0.2, -0.15) is 0 Å². The molecule has 0 aliphatic carbocycles. The zero-order valence-corrected chi connectivity index (χ0v) is 10.5. The molecule has 0 aliphatic heterocycles. The van der Waals surface area contributed by atoms with Gasteiger partial charge in [0.05, 0.1) is 12.4 Å². The standard InChI is InChI=1S/C13H16FN5/c14-12-8-17-13(18-9-12)19(6-2-4-15)10-11-3-1-5-16-7-11/h1,3,5,7-9H,2,4,6,10,15H2. The number of hydrogen-bond acceptors (Lipinski definition) is 5. The van der Waals surface area contributed by atoms with Gasteiger partial charge in [-0.3, -0.25) is 4.98 Å². The fourth-order valence-electron chi connectivity index (χ4n) is 1.71. The van der Waals surface area contributed by atoms with E-state index in [-0.39, 0.29) is 0 Å². The van der Waals surface area contributed by atoms with Crippen molar-refractivity contribution < 1.29 is 4.39 Å². The molecule has 0 spiro atoms. The van der Waals surface area contributed by atoms with Gasteiger partial charge in [0.25, 0.3) is 0 Å². The number of hydrogen-bond donors (Lipinski definition) is 1. The summed E-state index contributed by atoms with van der Waals surface area (Å²) >= 11 is 0. The van der Waals surface area contributed by atoms with Gasteiger partial charge < -0.3 is 10.6 Å². The minimum absolute atomic E-state index is 0.441. The van der Waals surface area contributed by atoms with Crippen molar-refractivity contribution in [1.82, 2.24) is 15.0 Å². The Morgan fingerprint density at radius 1 is 1.21 bits per heavy atom. The van der Waals surface area contributed by atoms with Gasteiger partial charge in [-0.15, -0.1) is 0 Å². The van der Waals surface area contributed by atoms with E-state index in [0.717, 1.165) is 18.5 Å². The molecule has 19 heavy (non-hydrogen) atoms. The van der Waals surface area contributed by atoms with Gasteiger partial charge in [-0.1, -0.05) is 6.07 Å². The Morgan fingerprint density at radius 2 is 2.00 bits per heavy atom. The molecule has 0 aromatic carbocycles. The quantitative estimate of drug-likeness (QED) is 0.850. The van der Waals surface area contributed by atoms with Crippen LogP contribution in [0.2, 0.25) is 0 Å². The number of rotatable bonds is 6. The number of halogens is 1. The van der Waals surface area contributed by atoms with Crippen molar-refractivity contribution in [2.24, 2.45) is 5.73 Å². The lowest BCUT2D eigenvalue weighted by atomic mass is 10.2. The van der Waals surface area contributed by atoms with Crippen LogP contribution in [0, 0.1) is 5.82 Å². The maximum absolute atomic E-state index is 12.9. The van der Waals surface area contributed by atoms with Gasteiger partial charge in [0.15, 0.2) is 5.82 Å². The number of aromatic nitrogens is 3. The maximum Gasteiger partial charge on any atom is 0.225 e. The third-order valence-corrected chi connectivity index (χ3v) is 2.62. The summed E-state index contributed by atoms with van der Waals surface area (Å²) in [6.45, 7) is 1.93. The van der Waals surface area contributed by atoms with Gasteiger partial charge in [0.1, 0.15) is 0 Å². The summed E-state index contributed by atoms with van der Waals surface area (Å²) in [6.07, 6.45) is 6.67. The maximum atomic E-state index is 12.9. The van der Waals surface area contributed by atoms with Gasteiger partial charge >= 0.3 is 0 Å². The summed E-state index contributed by atoms with van der Waals surface area (Å²) in [4.78, 5) is 14.0. The third kappa shape index (κ3) is 3.96. The molecular weight excluding hydrogens is 245 g/mol. The minimum atomic E-state index is -0.441. The molecule has 0 fully saturated rings. The molecule has 2 aromatic heterocycles. The smallest absolute Gasteiger partial charge is 0.225 e. The lowest BCUT2D eigenvalue weighted by Crippen LogP contribution is -2.27. The van der Waals surface area contributed by atoms with Crippen LogP contribution < -0.4 is 10.6 Å². The van der Waals surface area contributed by atoms with E-state index in [9.17, 15) is 4.39 Å². The van der Waals surface area contributed by atoms with E-state index in [1.165, 1.54) is 12.4 Å². The van der Waals surface area contributed by atoms with Crippen LogP contribution >= 0.6 is 0 Å². The molecule has 2 heterocycles. The highest BCUT2D eigenvalue weighted by Crippen LogP contribution is 2.11. The van der Waals surface area contributed by atoms with E-state index in [4.69, 9.17) is 5.73 Å². The van der Waals surface area contributed by atoms with Crippen LogP contribution in [0.1, 0.15) is 12.0 Å². The highest BCUT2D eigenvalue weighted by atomic mass is 19.1. The van der Waals surface area contributed by atoms with E-state index in [1.54, 1.807) is 12.4 Å². The first-order chi connectivity index (χ1) is 9.29. The topological polar surface area (TPSA) is 67.9 Å². The Hall–Kier alpha value is -2.08. The second-order valence-electron chi connectivity index (χ2n) is 4.13. The van der Waals surface area contributed by atoms with Crippen molar-refractivity contribution in [1.29, 1.82) is 0 Å². The number of pyridine rings is 1. The van der Waals surface area contributed by atoms with Crippen molar-refractivity contribution in [3.05, 3.63) is 48.3 Å². The average Bonchev–Trinajstić information content (AvgIpc) is 2.45. The summed E-state index contributed by atoms with van der Waals surface area (Å²) < 4.78 is 12.9. The molecule has 0 amide bonds. The van der Waals surface area contributed by atoms with Gasteiger partial charge in [0, 0.05) is 25.5 Å². The molecule has 0 unspecified atom stereocenters. The zero-order chi connectivity index (χ0) is 13.5. The first-order valence-electron chi connectivity index (χ1n) is 6.11. The molecule has 5 nitrogen and oxygen atoms in total. The SMILES string of the molecule is NCCCN(Cc1cccnc1)c1ncc(F)cn1. The molecule has 6 heteroatoms. The van der Waals surface area contributed by atoms with Gasteiger partial charge in [-0.25, -0.2) is 14.4 Å². The van der Waals surface area contributed by atoms with Crippen molar-refractivity contribution in [2.75, 3.05) is 18.0 Å². The third-order valence-electron chi connectivity index (χ3n) is 2.62. The van der Waals surface area contributed by atoms with E-state index in [1.807, 2.05) is 17.0 Å².